The van der Waals surface area contributed by atoms with Crippen molar-refractivity contribution in [3.8, 4) is 0 Å². The Kier molecular flexibility index (Phi) is 13.3. The predicted molar refractivity (Wildman–Crippen MR) is 80.4 cm³/mol. The van der Waals surface area contributed by atoms with Crippen molar-refractivity contribution >= 4 is 19.5 Å². The quantitative estimate of drug-likeness (QED) is 0.408. The van der Waals surface area contributed by atoms with Gasteiger partial charge in [-0.15, -0.1) is 0 Å². The third-order valence-electron chi connectivity index (χ3n) is 3.00. The van der Waals surface area contributed by atoms with E-state index in [1.165, 1.54) is 57.8 Å². The molecular weight excluding hydrogens is 228 g/mol. The summed E-state index contributed by atoms with van der Waals surface area (Å²) in [5.41, 5.74) is 2.33. The van der Waals surface area contributed by atoms with Crippen LogP contribution < -0.4 is 0 Å². The second-order valence-electron chi connectivity index (χ2n) is 4.63. The summed E-state index contributed by atoms with van der Waals surface area (Å²) in [5.74, 6) is 0. The smallest absolute Gasteiger partial charge is 0.184 e. The van der Waals surface area contributed by atoms with Crippen molar-refractivity contribution < 1.29 is 4.12 Å². The fourth-order valence-corrected chi connectivity index (χ4v) is 2.97. The molecule has 0 aliphatic heterocycles. The van der Waals surface area contributed by atoms with Crippen LogP contribution in [0, 0.1) is 0 Å². The van der Waals surface area contributed by atoms with E-state index in [2.05, 4.69) is 25.2 Å². The van der Waals surface area contributed by atoms with Crippen molar-refractivity contribution in [3.05, 3.63) is 11.8 Å². The molecule has 0 bridgehead atoms. The number of hydrogen-bond donors (Lipinski definition) is 0. The van der Waals surface area contributed by atoms with E-state index in [4.69, 9.17) is 4.12 Å². The molecule has 96 valence electrons. The van der Waals surface area contributed by atoms with E-state index in [-0.39, 0.29) is 0 Å². The fourth-order valence-electron chi connectivity index (χ4n) is 1.76. The Hall–Kier alpha value is 0.134. The van der Waals surface area contributed by atoms with Crippen LogP contribution in [0.1, 0.15) is 64.7 Å². The van der Waals surface area contributed by atoms with Gasteiger partial charge in [0.2, 0.25) is 0 Å². The molecule has 0 N–H and O–H groups in total. The first-order valence-corrected chi connectivity index (χ1v) is 10.1. The van der Waals surface area contributed by atoms with Gasteiger partial charge in [0.15, 0.2) is 9.04 Å². The van der Waals surface area contributed by atoms with Crippen molar-refractivity contribution in [2.24, 2.45) is 0 Å². The van der Waals surface area contributed by atoms with Gasteiger partial charge in [0.05, 0.1) is 0 Å². The summed E-state index contributed by atoms with van der Waals surface area (Å²) in [4.78, 5) is 0. The summed E-state index contributed by atoms with van der Waals surface area (Å²) in [7, 11) is 0.0260. The SMILES string of the molecule is CCCCCCCCCCC=C[SiH](C)O[SiH3]. The molecule has 0 saturated heterocycles. The van der Waals surface area contributed by atoms with Gasteiger partial charge in [0, 0.05) is 0 Å². The second kappa shape index (κ2) is 13.2. The first kappa shape index (κ1) is 16.1. The van der Waals surface area contributed by atoms with Crippen molar-refractivity contribution in [1.29, 1.82) is 0 Å². The normalized spacial score (nSPS) is 13.6. The van der Waals surface area contributed by atoms with Crippen LogP contribution in [0.5, 0.6) is 0 Å². The summed E-state index contributed by atoms with van der Waals surface area (Å²) >= 11 is 0. The summed E-state index contributed by atoms with van der Waals surface area (Å²) < 4.78 is 5.42. The molecule has 1 nitrogen and oxygen atoms in total. The summed E-state index contributed by atoms with van der Waals surface area (Å²) in [6.07, 6.45) is 14.9. The van der Waals surface area contributed by atoms with E-state index < -0.39 is 9.04 Å². The highest BCUT2D eigenvalue weighted by Gasteiger charge is 1.93. The standard InChI is InChI=1S/C13H30OSi2/c1-3-4-5-6-7-8-9-10-11-12-13-16(2)14-15/h12-13,16H,3-11H2,1-2,15H3. The van der Waals surface area contributed by atoms with Gasteiger partial charge in [-0.1, -0.05) is 63.6 Å². The van der Waals surface area contributed by atoms with E-state index in [1.54, 1.807) is 0 Å². The lowest BCUT2D eigenvalue weighted by atomic mass is 10.1. The molecule has 0 aliphatic rings. The Bertz CT molecular complexity index is 160. The van der Waals surface area contributed by atoms with Gasteiger partial charge in [0.1, 0.15) is 10.5 Å². The second-order valence-corrected chi connectivity index (χ2v) is 8.31. The zero-order valence-corrected chi connectivity index (χ0v) is 14.7. The minimum absolute atomic E-state index is 0.878. The first-order valence-electron chi connectivity index (χ1n) is 7.00. The molecule has 0 aromatic rings. The van der Waals surface area contributed by atoms with Crippen LogP contribution in [0.15, 0.2) is 11.8 Å². The van der Waals surface area contributed by atoms with Crippen LogP contribution in [0.4, 0.5) is 0 Å². The van der Waals surface area contributed by atoms with Crippen molar-refractivity contribution in [2.45, 2.75) is 71.3 Å². The monoisotopic (exact) mass is 258 g/mol. The zero-order valence-electron chi connectivity index (χ0n) is 11.5. The average Bonchev–Trinajstić information content (AvgIpc) is 2.31. The molecule has 0 aromatic carbocycles. The largest absolute Gasteiger partial charge is 0.463 e. The van der Waals surface area contributed by atoms with Crippen LogP contribution in [0.3, 0.4) is 0 Å². The Morgan fingerprint density at radius 1 is 1.00 bits per heavy atom. The van der Waals surface area contributed by atoms with E-state index in [9.17, 15) is 0 Å². The summed E-state index contributed by atoms with van der Waals surface area (Å²) in [6.45, 7) is 4.52. The van der Waals surface area contributed by atoms with Gasteiger partial charge in [-0.25, -0.2) is 0 Å². The van der Waals surface area contributed by atoms with Crippen LogP contribution >= 0.6 is 0 Å². The van der Waals surface area contributed by atoms with Gasteiger partial charge in [-0.3, -0.25) is 0 Å². The molecule has 1 atom stereocenters. The van der Waals surface area contributed by atoms with E-state index in [0.717, 1.165) is 10.5 Å². The highest BCUT2D eigenvalue weighted by molar-refractivity contribution is 6.59. The fraction of sp³-hybridized carbons (Fsp3) is 0.846. The highest BCUT2D eigenvalue weighted by atomic mass is 28.3. The van der Waals surface area contributed by atoms with Gasteiger partial charge < -0.3 is 4.12 Å². The highest BCUT2D eigenvalue weighted by Crippen LogP contribution is 2.09. The zero-order chi connectivity index (χ0) is 12.1. The maximum absolute atomic E-state index is 5.42. The third-order valence-corrected chi connectivity index (χ3v) is 6.79. The maximum atomic E-state index is 5.42. The number of unbranched alkanes of at least 4 members (excludes halogenated alkanes) is 8. The van der Waals surface area contributed by atoms with Crippen LogP contribution in [0.25, 0.3) is 0 Å². The number of allylic oxidation sites excluding steroid dienone is 1. The molecule has 0 spiro atoms. The topological polar surface area (TPSA) is 9.23 Å². The van der Waals surface area contributed by atoms with Gasteiger partial charge >= 0.3 is 0 Å². The molecule has 0 saturated carbocycles. The van der Waals surface area contributed by atoms with Crippen LogP contribution in [-0.2, 0) is 4.12 Å². The lowest BCUT2D eigenvalue weighted by molar-refractivity contribution is 0.577. The van der Waals surface area contributed by atoms with Crippen molar-refractivity contribution in [3.63, 3.8) is 0 Å². The molecular formula is C13H30OSi2. The van der Waals surface area contributed by atoms with E-state index >= 15 is 0 Å². The Morgan fingerprint density at radius 2 is 1.56 bits per heavy atom. The maximum Gasteiger partial charge on any atom is 0.184 e. The van der Waals surface area contributed by atoms with Crippen molar-refractivity contribution in [1.82, 2.24) is 0 Å². The summed E-state index contributed by atoms with van der Waals surface area (Å²) in [5, 5.41) is 0. The Balaban J connectivity index is 3.06. The lowest BCUT2D eigenvalue weighted by Crippen LogP contribution is -2.06. The Morgan fingerprint density at radius 3 is 2.12 bits per heavy atom. The molecule has 0 radical (unpaired) electrons. The average molecular weight is 259 g/mol. The summed E-state index contributed by atoms with van der Waals surface area (Å²) in [6, 6.07) is 0. The predicted octanol–water partition coefficient (Wildman–Crippen LogP) is 3.26. The molecule has 0 heterocycles. The third kappa shape index (κ3) is 12.2. The van der Waals surface area contributed by atoms with E-state index in [1.807, 2.05) is 0 Å². The van der Waals surface area contributed by atoms with Gasteiger partial charge in [-0.05, 0) is 19.4 Å². The molecule has 0 aliphatic carbocycles. The molecule has 16 heavy (non-hydrogen) atoms. The molecule has 1 unspecified atom stereocenters. The molecule has 0 rings (SSSR count). The lowest BCUT2D eigenvalue weighted by Gasteiger charge is -2.01. The number of rotatable bonds is 11. The molecule has 0 fully saturated rings. The van der Waals surface area contributed by atoms with Gasteiger partial charge in [0.25, 0.3) is 0 Å². The van der Waals surface area contributed by atoms with Gasteiger partial charge in [-0.2, -0.15) is 0 Å². The van der Waals surface area contributed by atoms with Crippen LogP contribution in [0.2, 0.25) is 6.55 Å². The molecule has 0 amide bonds. The minimum atomic E-state index is -0.878. The van der Waals surface area contributed by atoms with Crippen LogP contribution in [-0.4, -0.2) is 19.5 Å². The van der Waals surface area contributed by atoms with Crippen molar-refractivity contribution in [2.75, 3.05) is 0 Å². The molecule has 3 heteroatoms. The molecule has 0 aromatic heterocycles. The minimum Gasteiger partial charge on any atom is -0.463 e. The Labute approximate surface area is 107 Å². The first-order chi connectivity index (χ1) is 7.81. The number of hydrogen-bond acceptors (Lipinski definition) is 1. The van der Waals surface area contributed by atoms with E-state index in [0.29, 0.717) is 0 Å².